The van der Waals surface area contributed by atoms with Crippen molar-refractivity contribution in [1.82, 2.24) is 30.0 Å². The third kappa shape index (κ3) is 3.71. The van der Waals surface area contributed by atoms with Crippen molar-refractivity contribution in [3.63, 3.8) is 0 Å². The maximum absolute atomic E-state index is 12.5. The molecule has 0 radical (unpaired) electrons. The average Bonchev–Trinajstić information content (AvgIpc) is 3.19. The molecule has 0 aromatic carbocycles. The van der Waals surface area contributed by atoms with Crippen molar-refractivity contribution in [2.45, 2.75) is 44.7 Å². The van der Waals surface area contributed by atoms with E-state index in [0.717, 1.165) is 51.3 Å². The van der Waals surface area contributed by atoms with Crippen molar-refractivity contribution in [2.75, 3.05) is 19.6 Å². The van der Waals surface area contributed by atoms with Gasteiger partial charge in [-0.25, -0.2) is 9.97 Å². The molecule has 1 amide bonds. The van der Waals surface area contributed by atoms with Crippen molar-refractivity contribution in [2.24, 2.45) is 0 Å². The lowest BCUT2D eigenvalue weighted by molar-refractivity contribution is -0.132. The van der Waals surface area contributed by atoms with Crippen LogP contribution < -0.4 is 5.32 Å². The summed E-state index contributed by atoms with van der Waals surface area (Å²) in [5.74, 6) is 1.36. The Labute approximate surface area is 147 Å². The molecule has 1 fully saturated rings. The van der Waals surface area contributed by atoms with Crippen LogP contribution in [-0.4, -0.2) is 50.2 Å². The highest BCUT2D eigenvalue weighted by Gasteiger charge is 2.27. The van der Waals surface area contributed by atoms with Gasteiger partial charge in [-0.3, -0.25) is 9.48 Å². The summed E-state index contributed by atoms with van der Waals surface area (Å²) in [7, 11) is 0. The molecule has 0 spiro atoms. The van der Waals surface area contributed by atoms with Gasteiger partial charge in [0, 0.05) is 81.3 Å². The van der Waals surface area contributed by atoms with Gasteiger partial charge in [0.05, 0.1) is 0 Å². The highest BCUT2D eigenvalue weighted by molar-refractivity contribution is 5.76. The number of rotatable bonds is 4. The predicted octanol–water partition coefficient (Wildman–Crippen LogP) is 1.12. The number of amides is 1. The number of hydrogen-bond acceptors (Lipinski definition) is 5. The maximum atomic E-state index is 12.5. The van der Waals surface area contributed by atoms with E-state index in [1.807, 2.05) is 23.4 Å². The van der Waals surface area contributed by atoms with Crippen LogP contribution in [0.15, 0.2) is 24.7 Å². The molecule has 1 unspecified atom stereocenters. The minimum atomic E-state index is 0.197. The molecule has 2 aromatic rings. The zero-order valence-corrected chi connectivity index (χ0v) is 14.4. The summed E-state index contributed by atoms with van der Waals surface area (Å²) in [6, 6.07) is 1.88. The minimum Gasteiger partial charge on any atom is -0.342 e. The van der Waals surface area contributed by atoms with Gasteiger partial charge in [0.1, 0.15) is 5.82 Å². The number of piperidine rings is 1. The lowest BCUT2D eigenvalue weighted by Gasteiger charge is -2.32. The van der Waals surface area contributed by atoms with Gasteiger partial charge in [0.15, 0.2) is 0 Å². The molecular weight excluding hydrogens is 316 g/mol. The highest BCUT2D eigenvalue weighted by atomic mass is 16.2. The van der Waals surface area contributed by atoms with Crippen LogP contribution in [0.1, 0.15) is 42.3 Å². The summed E-state index contributed by atoms with van der Waals surface area (Å²) in [6.45, 7) is 4.04. The summed E-state index contributed by atoms with van der Waals surface area (Å²) in [5.41, 5.74) is 2.38. The van der Waals surface area contributed by atoms with E-state index < -0.39 is 0 Å². The number of aryl methyl sites for hydroxylation is 1. The molecule has 4 rings (SSSR count). The zero-order valence-electron chi connectivity index (χ0n) is 14.4. The molecule has 0 saturated carbocycles. The standard InChI is InChI=1S/C18H24N6O/c25-17(5-10-24-9-2-6-21-24)23-8-1-3-14(13-23)18-20-12-15-11-19-7-4-16(15)22-18/h2,6,9,12,14,19H,1,3-5,7-8,10-11,13H2. The first-order chi connectivity index (χ1) is 12.3. The van der Waals surface area contributed by atoms with E-state index in [9.17, 15) is 4.79 Å². The SMILES string of the molecule is O=C(CCn1cccn1)N1CCCC(c2ncc3c(n2)CCNC3)C1. The van der Waals surface area contributed by atoms with E-state index in [1.165, 1.54) is 11.3 Å². The average molecular weight is 340 g/mol. The molecule has 1 saturated heterocycles. The molecule has 7 heteroatoms. The van der Waals surface area contributed by atoms with Gasteiger partial charge in [0.25, 0.3) is 0 Å². The van der Waals surface area contributed by atoms with Gasteiger partial charge in [-0.05, 0) is 18.9 Å². The van der Waals surface area contributed by atoms with Crippen molar-refractivity contribution in [3.8, 4) is 0 Å². The number of hydrogen-bond donors (Lipinski definition) is 1. The Balaban J connectivity index is 1.39. The summed E-state index contributed by atoms with van der Waals surface area (Å²) in [5, 5.41) is 7.51. The van der Waals surface area contributed by atoms with Crippen molar-refractivity contribution < 1.29 is 4.79 Å². The fourth-order valence-electron chi connectivity index (χ4n) is 3.66. The Kier molecular flexibility index (Phi) is 4.74. The van der Waals surface area contributed by atoms with Gasteiger partial charge in [-0.15, -0.1) is 0 Å². The Bertz CT molecular complexity index is 729. The first-order valence-electron chi connectivity index (χ1n) is 9.10. The Hall–Kier alpha value is -2.28. The van der Waals surface area contributed by atoms with Gasteiger partial charge in [-0.1, -0.05) is 0 Å². The largest absolute Gasteiger partial charge is 0.342 e. The topological polar surface area (TPSA) is 75.9 Å². The third-order valence-corrected chi connectivity index (χ3v) is 5.08. The summed E-state index contributed by atoms with van der Waals surface area (Å²) >= 11 is 0. The lowest BCUT2D eigenvalue weighted by Crippen LogP contribution is -2.40. The van der Waals surface area contributed by atoms with Crippen molar-refractivity contribution in [1.29, 1.82) is 0 Å². The molecule has 2 aliphatic heterocycles. The number of likely N-dealkylation sites (tertiary alicyclic amines) is 1. The smallest absolute Gasteiger partial charge is 0.224 e. The zero-order chi connectivity index (χ0) is 17.1. The number of aromatic nitrogens is 4. The Morgan fingerprint density at radius 2 is 2.36 bits per heavy atom. The number of carbonyl (C=O) groups is 1. The first kappa shape index (κ1) is 16.2. The van der Waals surface area contributed by atoms with Crippen LogP contribution in [0.5, 0.6) is 0 Å². The lowest BCUT2D eigenvalue weighted by atomic mass is 9.96. The van der Waals surface area contributed by atoms with Gasteiger partial charge < -0.3 is 10.2 Å². The first-order valence-corrected chi connectivity index (χ1v) is 9.10. The minimum absolute atomic E-state index is 0.197. The van der Waals surface area contributed by atoms with Crippen LogP contribution in [-0.2, 0) is 24.3 Å². The summed E-state index contributed by atoms with van der Waals surface area (Å²) in [4.78, 5) is 23.9. The van der Waals surface area contributed by atoms with E-state index in [1.54, 1.807) is 10.9 Å². The second kappa shape index (κ2) is 7.31. The maximum Gasteiger partial charge on any atom is 0.224 e. The van der Waals surface area contributed by atoms with E-state index in [4.69, 9.17) is 4.98 Å². The van der Waals surface area contributed by atoms with E-state index in [0.29, 0.717) is 13.0 Å². The normalized spacial score (nSPS) is 20.3. The molecule has 1 atom stereocenters. The van der Waals surface area contributed by atoms with Gasteiger partial charge in [-0.2, -0.15) is 5.10 Å². The number of carbonyl (C=O) groups excluding carboxylic acids is 1. The predicted molar refractivity (Wildman–Crippen MR) is 92.8 cm³/mol. The van der Waals surface area contributed by atoms with E-state index in [2.05, 4.69) is 15.4 Å². The Morgan fingerprint density at radius 3 is 3.24 bits per heavy atom. The van der Waals surface area contributed by atoms with Gasteiger partial charge >= 0.3 is 0 Å². The van der Waals surface area contributed by atoms with Crippen molar-refractivity contribution in [3.05, 3.63) is 41.7 Å². The van der Waals surface area contributed by atoms with E-state index >= 15 is 0 Å². The van der Waals surface area contributed by atoms with Crippen molar-refractivity contribution >= 4 is 5.91 Å². The molecule has 132 valence electrons. The summed E-state index contributed by atoms with van der Waals surface area (Å²) in [6.07, 6.45) is 9.12. The number of nitrogens with zero attached hydrogens (tertiary/aromatic N) is 5. The molecule has 0 bridgehead atoms. The number of fused-ring (bicyclic) bond motifs is 1. The third-order valence-electron chi connectivity index (χ3n) is 5.08. The fraction of sp³-hybridized carbons (Fsp3) is 0.556. The van der Waals surface area contributed by atoms with Crippen LogP contribution in [0.3, 0.4) is 0 Å². The molecule has 2 aliphatic rings. The van der Waals surface area contributed by atoms with Crippen LogP contribution in [0.25, 0.3) is 0 Å². The quantitative estimate of drug-likeness (QED) is 0.902. The monoisotopic (exact) mass is 340 g/mol. The van der Waals surface area contributed by atoms with Crippen LogP contribution >= 0.6 is 0 Å². The van der Waals surface area contributed by atoms with Crippen LogP contribution in [0.2, 0.25) is 0 Å². The highest BCUT2D eigenvalue weighted by Crippen LogP contribution is 2.26. The molecule has 2 aromatic heterocycles. The fourth-order valence-corrected chi connectivity index (χ4v) is 3.66. The molecule has 4 heterocycles. The molecule has 25 heavy (non-hydrogen) atoms. The Morgan fingerprint density at radius 1 is 1.40 bits per heavy atom. The van der Waals surface area contributed by atoms with E-state index in [-0.39, 0.29) is 11.8 Å². The molecular formula is C18H24N6O. The van der Waals surface area contributed by atoms with Crippen LogP contribution in [0.4, 0.5) is 0 Å². The molecule has 7 nitrogen and oxygen atoms in total. The van der Waals surface area contributed by atoms with Gasteiger partial charge in [0.2, 0.25) is 5.91 Å². The second-order valence-electron chi connectivity index (χ2n) is 6.82. The number of nitrogens with one attached hydrogen (secondary N) is 1. The van der Waals surface area contributed by atoms with Crippen LogP contribution in [0, 0.1) is 0 Å². The second-order valence-corrected chi connectivity index (χ2v) is 6.82. The molecule has 1 N–H and O–H groups in total. The summed E-state index contributed by atoms with van der Waals surface area (Å²) < 4.78 is 1.81. The molecule has 0 aliphatic carbocycles.